The molecular formula is C18H24N4O2. The monoisotopic (exact) mass is 328 g/mol. The maximum atomic E-state index is 12.0. The van der Waals surface area contributed by atoms with Crippen molar-refractivity contribution < 1.29 is 9.21 Å². The maximum Gasteiger partial charge on any atom is 0.291 e. The van der Waals surface area contributed by atoms with Crippen LogP contribution in [0.15, 0.2) is 52.1 Å². The van der Waals surface area contributed by atoms with E-state index in [0.717, 1.165) is 36.6 Å². The molecule has 0 atom stereocenters. The Labute approximate surface area is 142 Å². The van der Waals surface area contributed by atoms with Crippen molar-refractivity contribution >= 4 is 17.6 Å². The summed E-state index contributed by atoms with van der Waals surface area (Å²) in [5, 5.41) is 9.34. The van der Waals surface area contributed by atoms with E-state index in [1.807, 2.05) is 24.3 Å². The lowest BCUT2D eigenvalue weighted by Gasteiger charge is -2.12. The fraction of sp³-hybridized carbons (Fsp3) is 0.333. The molecule has 0 aliphatic rings. The molecule has 128 valence electrons. The van der Waals surface area contributed by atoms with E-state index in [0.29, 0.717) is 12.3 Å². The molecule has 1 aromatic carbocycles. The van der Waals surface area contributed by atoms with E-state index in [9.17, 15) is 4.79 Å². The highest BCUT2D eigenvalue weighted by molar-refractivity contribution is 6.02. The zero-order valence-corrected chi connectivity index (χ0v) is 14.1. The summed E-state index contributed by atoms with van der Waals surface area (Å²) >= 11 is 0. The largest absolute Gasteiger partial charge is 0.459 e. The number of anilines is 1. The summed E-state index contributed by atoms with van der Waals surface area (Å²) in [5.74, 6) is 0.801. The van der Waals surface area contributed by atoms with Crippen LogP contribution in [0.2, 0.25) is 0 Å². The molecule has 24 heavy (non-hydrogen) atoms. The Morgan fingerprint density at radius 2 is 2.08 bits per heavy atom. The number of guanidine groups is 1. The smallest absolute Gasteiger partial charge is 0.291 e. The summed E-state index contributed by atoms with van der Waals surface area (Å²) in [6, 6.07) is 11.0. The average Bonchev–Trinajstić information content (AvgIpc) is 3.13. The van der Waals surface area contributed by atoms with Crippen LogP contribution >= 0.6 is 0 Å². The molecule has 1 amide bonds. The van der Waals surface area contributed by atoms with Gasteiger partial charge in [0.15, 0.2) is 11.7 Å². The Balaban J connectivity index is 1.89. The minimum atomic E-state index is -0.262. The van der Waals surface area contributed by atoms with Crippen molar-refractivity contribution in [2.24, 2.45) is 4.99 Å². The first-order valence-electron chi connectivity index (χ1n) is 8.11. The molecule has 0 spiro atoms. The number of hydrogen-bond acceptors (Lipinski definition) is 3. The summed E-state index contributed by atoms with van der Waals surface area (Å²) in [7, 11) is 1.75. The molecule has 6 nitrogen and oxygen atoms in total. The van der Waals surface area contributed by atoms with Gasteiger partial charge in [-0.1, -0.05) is 25.5 Å². The Morgan fingerprint density at radius 3 is 2.79 bits per heavy atom. The van der Waals surface area contributed by atoms with Crippen molar-refractivity contribution in [3.05, 3.63) is 54.0 Å². The number of nitrogens with zero attached hydrogens (tertiary/aromatic N) is 1. The molecule has 2 rings (SSSR count). The minimum absolute atomic E-state index is 0.262. The van der Waals surface area contributed by atoms with Crippen molar-refractivity contribution in [2.75, 3.05) is 18.9 Å². The molecule has 0 unspecified atom stereocenters. The van der Waals surface area contributed by atoms with Gasteiger partial charge in [-0.3, -0.25) is 9.79 Å². The first-order chi connectivity index (χ1) is 11.7. The fourth-order valence-corrected chi connectivity index (χ4v) is 2.15. The van der Waals surface area contributed by atoms with E-state index >= 15 is 0 Å². The average molecular weight is 328 g/mol. The second-order valence-corrected chi connectivity index (χ2v) is 5.34. The SMILES string of the molecule is CCCCNC(=NC)NCc1cccc(NC(=O)c2ccco2)c1. The highest BCUT2D eigenvalue weighted by Crippen LogP contribution is 2.12. The lowest BCUT2D eigenvalue weighted by atomic mass is 10.2. The quantitative estimate of drug-likeness (QED) is 0.415. The standard InChI is InChI=1S/C18H24N4O2/c1-3-4-10-20-18(19-2)21-13-14-7-5-8-15(12-14)22-17(23)16-9-6-11-24-16/h5-9,11-12H,3-4,10,13H2,1-2H3,(H,22,23)(H2,19,20,21). The summed E-state index contributed by atoms with van der Waals surface area (Å²) in [6.45, 7) is 3.67. The van der Waals surface area contributed by atoms with Gasteiger partial charge in [0, 0.05) is 25.8 Å². The number of furan rings is 1. The number of unbranched alkanes of at least 4 members (excludes halogenated alkanes) is 1. The zero-order chi connectivity index (χ0) is 17.2. The summed E-state index contributed by atoms with van der Waals surface area (Å²) in [5.41, 5.74) is 1.77. The normalized spacial score (nSPS) is 11.2. The molecule has 0 saturated carbocycles. The van der Waals surface area contributed by atoms with Crippen molar-refractivity contribution in [3.8, 4) is 0 Å². The van der Waals surface area contributed by atoms with Gasteiger partial charge in [0.05, 0.1) is 6.26 Å². The van der Waals surface area contributed by atoms with E-state index in [1.54, 1.807) is 19.2 Å². The molecule has 3 N–H and O–H groups in total. The van der Waals surface area contributed by atoms with Crippen molar-refractivity contribution in [2.45, 2.75) is 26.3 Å². The predicted molar refractivity (Wildman–Crippen MR) is 96.2 cm³/mol. The molecule has 2 aromatic rings. The van der Waals surface area contributed by atoms with Gasteiger partial charge in [-0.25, -0.2) is 0 Å². The van der Waals surface area contributed by atoms with E-state index < -0.39 is 0 Å². The number of hydrogen-bond donors (Lipinski definition) is 3. The molecule has 1 heterocycles. The van der Waals surface area contributed by atoms with Crippen LogP contribution in [-0.2, 0) is 6.54 Å². The number of aliphatic imine (C=N–C) groups is 1. The molecule has 0 aliphatic carbocycles. The van der Waals surface area contributed by atoms with E-state index in [-0.39, 0.29) is 5.91 Å². The molecular weight excluding hydrogens is 304 g/mol. The summed E-state index contributed by atoms with van der Waals surface area (Å²) in [4.78, 5) is 16.2. The lowest BCUT2D eigenvalue weighted by molar-refractivity contribution is 0.0996. The van der Waals surface area contributed by atoms with Gasteiger partial charge < -0.3 is 20.4 Å². The van der Waals surface area contributed by atoms with Crippen molar-refractivity contribution in [3.63, 3.8) is 0 Å². The number of carbonyl (C=O) groups is 1. The molecule has 1 aromatic heterocycles. The Morgan fingerprint density at radius 1 is 1.21 bits per heavy atom. The van der Waals surface area contributed by atoms with Crippen LogP contribution in [0.4, 0.5) is 5.69 Å². The topological polar surface area (TPSA) is 78.7 Å². The van der Waals surface area contributed by atoms with E-state index in [1.165, 1.54) is 6.26 Å². The second kappa shape index (κ2) is 9.39. The second-order valence-electron chi connectivity index (χ2n) is 5.34. The van der Waals surface area contributed by atoms with Gasteiger partial charge in [0.2, 0.25) is 0 Å². The molecule has 0 bridgehead atoms. The Bertz CT molecular complexity index is 665. The van der Waals surface area contributed by atoms with Gasteiger partial charge in [-0.05, 0) is 36.2 Å². The van der Waals surface area contributed by atoms with Gasteiger partial charge in [-0.2, -0.15) is 0 Å². The zero-order valence-electron chi connectivity index (χ0n) is 14.1. The molecule has 0 saturated heterocycles. The van der Waals surface area contributed by atoms with Crippen LogP contribution in [0.1, 0.15) is 35.9 Å². The predicted octanol–water partition coefficient (Wildman–Crippen LogP) is 3.00. The Hall–Kier alpha value is -2.76. The van der Waals surface area contributed by atoms with Crippen LogP contribution in [0.25, 0.3) is 0 Å². The van der Waals surface area contributed by atoms with Crippen LogP contribution in [0.3, 0.4) is 0 Å². The van der Waals surface area contributed by atoms with Crippen LogP contribution in [0.5, 0.6) is 0 Å². The number of carbonyl (C=O) groups excluding carboxylic acids is 1. The van der Waals surface area contributed by atoms with Crippen LogP contribution < -0.4 is 16.0 Å². The first-order valence-corrected chi connectivity index (χ1v) is 8.11. The Kier molecular flexibility index (Phi) is 6.89. The number of benzene rings is 1. The maximum absolute atomic E-state index is 12.0. The molecule has 6 heteroatoms. The highest BCUT2D eigenvalue weighted by atomic mass is 16.3. The third-order valence-electron chi connectivity index (χ3n) is 3.44. The van der Waals surface area contributed by atoms with Gasteiger partial charge in [0.25, 0.3) is 5.91 Å². The molecule has 0 radical (unpaired) electrons. The third kappa shape index (κ3) is 5.46. The van der Waals surface area contributed by atoms with Gasteiger partial charge in [0.1, 0.15) is 0 Å². The fourth-order valence-electron chi connectivity index (χ4n) is 2.15. The van der Waals surface area contributed by atoms with Gasteiger partial charge >= 0.3 is 0 Å². The highest BCUT2D eigenvalue weighted by Gasteiger charge is 2.08. The van der Waals surface area contributed by atoms with E-state index in [4.69, 9.17) is 4.42 Å². The minimum Gasteiger partial charge on any atom is -0.459 e. The third-order valence-corrected chi connectivity index (χ3v) is 3.44. The number of amides is 1. The van der Waals surface area contributed by atoms with Crippen LogP contribution in [0, 0.1) is 0 Å². The lowest BCUT2D eigenvalue weighted by Crippen LogP contribution is -2.37. The molecule has 0 aliphatic heterocycles. The molecule has 0 fully saturated rings. The number of nitrogens with one attached hydrogen (secondary N) is 3. The number of rotatable bonds is 7. The van der Waals surface area contributed by atoms with Crippen molar-refractivity contribution in [1.82, 2.24) is 10.6 Å². The van der Waals surface area contributed by atoms with E-state index in [2.05, 4.69) is 27.9 Å². The van der Waals surface area contributed by atoms with Gasteiger partial charge in [-0.15, -0.1) is 0 Å². The summed E-state index contributed by atoms with van der Waals surface area (Å²) in [6.07, 6.45) is 3.73. The van der Waals surface area contributed by atoms with Crippen molar-refractivity contribution in [1.29, 1.82) is 0 Å². The summed E-state index contributed by atoms with van der Waals surface area (Å²) < 4.78 is 5.09. The van der Waals surface area contributed by atoms with Crippen LogP contribution in [-0.4, -0.2) is 25.5 Å². The first kappa shape index (κ1) is 17.6.